The maximum Gasteiger partial charge on any atom is 0.275 e. The third-order valence-corrected chi connectivity index (χ3v) is 26.2. The Morgan fingerprint density at radius 1 is 0.929 bits per heavy atom. The molecule has 0 N–H and O–H groups in total. The highest BCUT2D eigenvalue weighted by Gasteiger charge is 2.53. The highest BCUT2D eigenvalue weighted by molar-refractivity contribution is 7.66. The van der Waals surface area contributed by atoms with E-state index >= 15 is 0 Å². The average Bonchev–Trinajstić information content (AvgIpc) is 2.02. The third-order valence-electron chi connectivity index (χ3n) is 1.63. The van der Waals surface area contributed by atoms with E-state index in [-0.39, 0.29) is 0 Å². The zero-order valence-electron chi connectivity index (χ0n) is 6.99. The first-order chi connectivity index (χ1) is 6.19. The van der Waals surface area contributed by atoms with Crippen LogP contribution in [0.15, 0.2) is 24.6 Å². The molecular weight excluding hydrogens is 357 g/mol. The van der Waals surface area contributed by atoms with Gasteiger partial charge in [0.1, 0.15) is 0 Å². The largest absolute Gasteiger partial charge is 0.275 e. The number of halogens is 6. The SMILES string of the molecule is C=C[Si](Cl)(Cl)C([SiH](Cl)Cl)[Si](Cl)(Cl)C=C. The van der Waals surface area contributed by atoms with Crippen LogP contribution in [0.1, 0.15) is 0 Å². The lowest BCUT2D eigenvalue weighted by Crippen LogP contribution is -2.45. The van der Waals surface area contributed by atoms with Crippen LogP contribution in [0.25, 0.3) is 0 Å². The van der Waals surface area contributed by atoms with Gasteiger partial charge in [-0.05, 0) is 0 Å². The molecule has 0 aromatic carbocycles. The lowest BCUT2D eigenvalue weighted by atomic mass is 11.3. The van der Waals surface area contributed by atoms with Gasteiger partial charge in [-0.15, -0.1) is 57.5 Å². The summed E-state index contributed by atoms with van der Waals surface area (Å²) in [6.45, 7) is 1.53. The summed E-state index contributed by atoms with van der Waals surface area (Å²) in [5, 5.41) is 0. The third kappa shape index (κ3) is 4.03. The van der Waals surface area contributed by atoms with Crippen molar-refractivity contribution < 1.29 is 0 Å². The minimum absolute atomic E-state index is 0.417. The number of hydrogen-bond acceptors (Lipinski definition) is 0. The van der Waals surface area contributed by atoms with Crippen molar-refractivity contribution in [2.24, 2.45) is 0 Å². The van der Waals surface area contributed by atoms with E-state index in [4.69, 9.17) is 66.5 Å². The Bertz CT molecular complexity index is 208. The van der Waals surface area contributed by atoms with Gasteiger partial charge in [0.15, 0.2) is 0 Å². The quantitative estimate of drug-likeness (QED) is 0.500. The molecule has 0 aliphatic carbocycles. The van der Waals surface area contributed by atoms with Crippen molar-refractivity contribution in [3.05, 3.63) is 24.6 Å². The van der Waals surface area contributed by atoms with E-state index in [1.165, 1.54) is 11.4 Å². The van der Waals surface area contributed by atoms with Crippen molar-refractivity contribution in [2.45, 2.75) is 4.79 Å². The first kappa shape index (κ1) is 15.9. The van der Waals surface area contributed by atoms with Crippen molar-refractivity contribution in [3.8, 4) is 0 Å². The van der Waals surface area contributed by atoms with Crippen LogP contribution in [0.5, 0.6) is 0 Å². The summed E-state index contributed by atoms with van der Waals surface area (Å²) in [7, 11) is -2.17. The molecule has 9 heteroatoms. The maximum atomic E-state index is 6.12. The lowest BCUT2D eigenvalue weighted by Gasteiger charge is -2.31. The van der Waals surface area contributed by atoms with Gasteiger partial charge in [-0.2, -0.15) is 22.2 Å². The predicted octanol–water partition coefficient (Wildman–Crippen LogP) is 4.42. The highest BCUT2D eigenvalue weighted by atomic mass is 35.7. The molecule has 0 aliphatic heterocycles. The highest BCUT2D eigenvalue weighted by Crippen LogP contribution is 2.46. The van der Waals surface area contributed by atoms with Crippen LogP contribution in [-0.4, -0.2) is 20.8 Å². The average molecular weight is 365 g/mol. The molecule has 0 aromatic heterocycles. The second-order valence-corrected chi connectivity index (χ2v) is 22.7. The monoisotopic (exact) mass is 362 g/mol. The molecule has 0 saturated carbocycles. The van der Waals surface area contributed by atoms with Gasteiger partial charge in [0.05, 0.1) is 0 Å². The molecule has 0 bridgehead atoms. The fourth-order valence-corrected chi connectivity index (χ4v) is 32.2. The Hall–Kier alpha value is 1.87. The molecule has 0 saturated heterocycles. The summed E-state index contributed by atoms with van der Waals surface area (Å²) in [6.07, 6.45) is 0. The number of hydrogen-bond donors (Lipinski definition) is 0. The molecule has 14 heavy (non-hydrogen) atoms. The topological polar surface area (TPSA) is 0 Å². The molecule has 82 valence electrons. The molecule has 0 nitrogen and oxygen atoms in total. The summed E-state index contributed by atoms with van der Waals surface area (Å²) in [5.41, 5.74) is 2.95. The Morgan fingerprint density at radius 3 is 1.36 bits per heavy atom. The summed E-state index contributed by atoms with van der Waals surface area (Å²) in [5.74, 6) is 0. The fraction of sp³-hybridized carbons (Fsp3) is 0.200. The summed E-state index contributed by atoms with van der Waals surface area (Å²) >= 11 is 36.3. The Kier molecular flexibility index (Phi) is 6.78. The van der Waals surface area contributed by atoms with E-state index in [1.54, 1.807) is 0 Å². The molecule has 0 spiro atoms. The minimum Gasteiger partial charge on any atom is -0.150 e. The minimum atomic E-state index is -2.79. The molecule has 0 aromatic rings. The smallest absolute Gasteiger partial charge is 0.150 e. The van der Waals surface area contributed by atoms with E-state index in [2.05, 4.69) is 13.2 Å². The van der Waals surface area contributed by atoms with Gasteiger partial charge in [0.25, 0.3) is 13.4 Å². The van der Waals surface area contributed by atoms with Crippen molar-refractivity contribution >= 4 is 87.3 Å². The van der Waals surface area contributed by atoms with Gasteiger partial charge >= 0.3 is 0 Å². The van der Waals surface area contributed by atoms with E-state index < -0.39 is 25.6 Å². The second kappa shape index (κ2) is 5.98. The number of rotatable bonds is 5. The molecule has 0 radical (unpaired) electrons. The second-order valence-electron chi connectivity index (χ2n) is 2.57. The van der Waals surface area contributed by atoms with E-state index in [9.17, 15) is 0 Å². The zero-order valence-corrected chi connectivity index (χ0v) is 14.7. The maximum absolute atomic E-state index is 6.12. The van der Waals surface area contributed by atoms with Gasteiger partial charge in [0.2, 0.25) is 7.42 Å². The summed E-state index contributed by atoms with van der Waals surface area (Å²) in [4.78, 5) is -0.417. The fourth-order valence-electron chi connectivity index (χ4n) is 0.846. The van der Waals surface area contributed by atoms with Gasteiger partial charge in [-0.25, -0.2) is 0 Å². The molecule has 0 rings (SSSR count). The van der Waals surface area contributed by atoms with Crippen LogP contribution < -0.4 is 0 Å². The lowest BCUT2D eigenvalue weighted by molar-refractivity contribution is 1.72. The molecule has 0 atom stereocenters. The van der Waals surface area contributed by atoms with Crippen LogP contribution in [0.3, 0.4) is 0 Å². The normalized spacial score (nSPS) is 13.4. The van der Waals surface area contributed by atoms with Crippen LogP contribution in [0.2, 0.25) is 4.79 Å². The van der Waals surface area contributed by atoms with Crippen molar-refractivity contribution in [3.63, 3.8) is 0 Å². The zero-order chi connectivity index (χ0) is 11.6. The van der Waals surface area contributed by atoms with Gasteiger partial charge in [0, 0.05) is 4.79 Å². The molecule has 0 amide bonds. The summed E-state index contributed by atoms with van der Waals surface area (Å²) < 4.78 is 0. The van der Waals surface area contributed by atoms with Crippen molar-refractivity contribution in [1.29, 1.82) is 0 Å². The van der Waals surface area contributed by atoms with Crippen molar-refractivity contribution in [2.75, 3.05) is 0 Å². The van der Waals surface area contributed by atoms with E-state index in [1.807, 2.05) is 0 Å². The molecule has 0 fully saturated rings. The molecule has 0 heterocycles. The standard InChI is InChI=1S/C5H8Cl6Si3/c1-3-13(8,9)5(12(6)7)14(10,11)4-2/h3-5,12H,1-2H2. The summed E-state index contributed by atoms with van der Waals surface area (Å²) in [6, 6.07) is 0. The Balaban J connectivity index is 5.15. The van der Waals surface area contributed by atoms with Gasteiger partial charge in [-0.1, -0.05) is 11.4 Å². The Labute approximate surface area is 116 Å². The van der Waals surface area contributed by atoms with Crippen LogP contribution in [-0.2, 0) is 0 Å². The van der Waals surface area contributed by atoms with E-state index in [0.29, 0.717) is 0 Å². The van der Waals surface area contributed by atoms with Crippen LogP contribution in [0.4, 0.5) is 0 Å². The van der Waals surface area contributed by atoms with Gasteiger partial charge in [-0.3, -0.25) is 0 Å². The first-order valence-electron chi connectivity index (χ1n) is 3.50. The molecule has 0 unspecified atom stereocenters. The molecule has 0 aliphatic rings. The van der Waals surface area contributed by atoms with Crippen LogP contribution in [0, 0.1) is 0 Å². The first-order valence-corrected chi connectivity index (χ1v) is 16.0. The van der Waals surface area contributed by atoms with Crippen LogP contribution >= 0.6 is 66.5 Å². The van der Waals surface area contributed by atoms with Gasteiger partial charge < -0.3 is 0 Å². The van der Waals surface area contributed by atoms with Crippen molar-refractivity contribution in [1.82, 2.24) is 0 Å². The predicted molar refractivity (Wildman–Crippen MR) is 77.9 cm³/mol. The Morgan fingerprint density at radius 2 is 1.21 bits per heavy atom. The van der Waals surface area contributed by atoms with E-state index in [0.717, 1.165) is 0 Å². The molecular formula is C5H8Cl6Si3.